The number of hydrogen-bond donors (Lipinski definition) is 2. The third-order valence-corrected chi connectivity index (χ3v) is 5.15. The van der Waals surface area contributed by atoms with Gasteiger partial charge in [0.25, 0.3) is 5.91 Å². The molecule has 0 heterocycles. The van der Waals surface area contributed by atoms with Crippen LogP contribution in [0.1, 0.15) is 10.4 Å². The van der Waals surface area contributed by atoms with Gasteiger partial charge >= 0.3 is 0 Å². The molecule has 122 valence electrons. The SMILES string of the molecule is O=C(NCCNS(=O)(=O)c1ccc(Br)cc1)c1cccc(Cl)c1. The average Bonchev–Trinajstić information content (AvgIpc) is 2.52. The number of sulfonamides is 1. The normalized spacial score (nSPS) is 11.2. The van der Waals surface area contributed by atoms with Crippen molar-refractivity contribution < 1.29 is 13.2 Å². The molecule has 0 saturated heterocycles. The Morgan fingerprint density at radius 3 is 2.43 bits per heavy atom. The third-order valence-electron chi connectivity index (χ3n) is 2.91. The first-order valence-electron chi connectivity index (χ1n) is 6.67. The number of halogens is 2. The Balaban J connectivity index is 1.85. The van der Waals surface area contributed by atoms with E-state index < -0.39 is 10.0 Å². The zero-order chi connectivity index (χ0) is 16.9. The Morgan fingerprint density at radius 2 is 1.78 bits per heavy atom. The van der Waals surface area contributed by atoms with E-state index in [9.17, 15) is 13.2 Å². The Kier molecular flexibility index (Phi) is 6.17. The van der Waals surface area contributed by atoms with E-state index in [1.54, 1.807) is 36.4 Å². The smallest absolute Gasteiger partial charge is 0.251 e. The Morgan fingerprint density at radius 1 is 1.09 bits per heavy atom. The highest BCUT2D eigenvalue weighted by Gasteiger charge is 2.13. The first-order chi connectivity index (χ1) is 10.9. The zero-order valence-electron chi connectivity index (χ0n) is 11.9. The van der Waals surface area contributed by atoms with E-state index in [-0.39, 0.29) is 23.9 Å². The fourth-order valence-corrected chi connectivity index (χ4v) is 3.28. The highest BCUT2D eigenvalue weighted by Crippen LogP contribution is 2.14. The number of hydrogen-bond acceptors (Lipinski definition) is 3. The molecule has 0 aliphatic heterocycles. The summed E-state index contributed by atoms with van der Waals surface area (Å²) < 4.78 is 27.3. The molecule has 5 nitrogen and oxygen atoms in total. The van der Waals surface area contributed by atoms with Crippen LogP contribution in [-0.4, -0.2) is 27.4 Å². The van der Waals surface area contributed by atoms with Crippen molar-refractivity contribution >= 4 is 43.5 Å². The molecule has 0 fully saturated rings. The van der Waals surface area contributed by atoms with Crippen molar-refractivity contribution in [3.05, 3.63) is 63.6 Å². The maximum atomic E-state index is 12.0. The number of nitrogens with one attached hydrogen (secondary N) is 2. The summed E-state index contributed by atoms with van der Waals surface area (Å²) >= 11 is 9.06. The first-order valence-corrected chi connectivity index (χ1v) is 9.33. The monoisotopic (exact) mass is 416 g/mol. The summed E-state index contributed by atoms with van der Waals surface area (Å²) in [4.78, 5) is 12.0. The number of carbonyl (C=O) groups is 1. The van der Waals surface area contributed by atoms with Gasteiger partial charge in [0.2, 0.25) is 10.0 Å². The highest BCUT2D eigenvalue weighted by molar-refractivity contribution is 9.10. The lowest BCUT2D eigenvalue weighted by molar-refractivity contribution is 0.0954. The predicted molar refractivity (Wildman–Crippen MR) is 93.1 cm³/mol. The van der Waals surface area contributed by atoms with Gasteiger partial charge in [-0.15, -0.1) is 0 Å². The van der Waals surface area contributed by atoms with Crippen LogP contribution in [0.2, 0.25) is 5.02 Å². The van der Waals surface area contributed by atoms with Crippen molar-refractivity contribution in [2.75, 3.05) is 13.1 Å². The van der Waals surface area contributed by atoms with E-state index in [2.05, 4.69) is 26.0 Å². The Hall–Kier alpha value is -1.41. The number of amides is 1. The van der Waals surface area contributed by atoms with Gasteiger partial charge in [-0.1, -0.05) is 33.6 Å². The molecule has 1 amide bonds. The molecule has 0 saturated carbocycles. The molecule has 0 aromatic heterocycles. The van der Waals surface area contributed by atoms with Crippen molar-refractivity contribution in [1.29, 1.82) is 0 Å². The second-order valence-electron chi connectivity index (χ2n) is 4.62. The topological polar surface area (TPSA) is 75.3 Å². The van der Waals surface area contributed by atoms with E-state index >= 15 is 0 Å². The molecule has 0 atom stereocenters. The van der Waals surface area contributed by atoms with Crippen LogP contribution in [0.25, 0.3) is 0 Å². The summed E-state index contributed by atoms with van der Waals surface area (Å²) in [5, 5.41) is 3.09. The molecule has 0 aliphatic rings. The lowest BCUT2D eigenvalue weighted by atomic mass is 10.2. The Labute approximate surface area is 148 Å². The van der Waals surface area contributed by atoms with Crippen LogP contribution in [0.3, 0.4) is 0 Å². The molecular weight excluding hydrogens is 404 g/mol. The summed E-state index contributed by atoms with van der Waals surface area (Å²) in [5.74, 6) is -0.310. The summed E-state index contributed by atoms with van der Waals surface area (Å²) in [6, 6.07) is 12.8. The molecule has 8 heteroatoms. The van der Waals surface area contributed by atoms with Crippen molar-refractivity contribution in [3.8, 4) is 0 Å². The minimum atomic E-state index is -3.59. The van der Waals surface area contributed by atoms with E-state index in [0.717, 1.165) is 4.47 Å². The van der Waals surface area contributed by atoms with Crippen LogP contribution in [0.4, 0.5) is 0 Å². The first kappa shape index (κ1) is 17.9. The fourth-order valence-electron chi connectivity index (χ4n) is 1.79. The van der Waals surface area contributed by atoms with Crippen molar-refractivity contribution in [2.24, 2.45) is 0 Å². The molecule has 2 aromatic carbocycles. The zero-order valence-corrected chi connectivity index (χ0v) is 15.1. The van der Waals surface area contributed by atoms with Gasteiger partial charge in [0, 0.05) is 28.1 Å². The maximum Gasteiger partial charge on any atom is 0.251 e. The number of benzene rings is 2. The standard InChI is InChI=1S/C15H14BrClN2O3S/c16-12-4-6-14(7-5-12)23(21,22)19-9-8-18-15(20)11-2-1-3-13(17)10-11/h1-7,10,19H,8-9H2,(H,18,20). The third kappa shape index (κ3) is 5.31. The van der Waals surface area contributed by atoms with Crippen molar-refractivity contribution in [1.82, 2.24) is 10.0 Å². The van der Waals surface area contributed by atoms with E-state index in [1.165, 1.54) is 12.1 Å². The summed E-state index contributed by atoms with van der Waals surface area (Å²) in [7, 11) is -3.59. The lowest BCUT2D eigenvalue weighted by Crippen LogP contribution is -2.34. The maximum absolute atomic E-state index is 12.0. The predicted octanol–water partition coefficient (Wildman–Crippen LogP) is 2.81. The molecule has 2 rings (SSSR count). The largest absolute Gasteiger partial charge is 0.351 e. The van der Waals surface area contributed by atoms with Crippen LogP contribution in [0.15, 0.2) is 57.9 Å². The quantitative estimate of drug-likeness (QED) is 0.710. The highest BCUT2D eigenvalue weighted by atomic mass is 79.9. The summed E-state index contributed by atoms with van der Waals surface area (Å²) in [6.45, 7) is 0.256. The van der Waals surface area contributed by atoms with Gasteiger partial charge < -0.3 is 5.32 Å². The molecule has 2 N–H and O–H groups in total. The van der Waals surface area contributed by atoms with Gasteiger partial charge in [-0.05, 0) is 42.5 Å². The molecule has 23 heavy (non-hydrogen) atoms. The lowest BCUT2D eigenvalue weighted by Gasteiger charge is -2.08. The van der Waals surface area contributed by atoms with E-state index in [4.69, 9.17) is 11.6 Å². The minimum absolute atomic E-state index is 0.0880. The summed E-state index contributed by atoms with van der Waals surface area (Å²) in [5.41, 5.74) is 0.424. The van der Waals surface area contributed by atoms with Gasteiger partial charge in [0.05, 0.1) is 4.90 Å². The molecule has 0 spiro atoms. The van der Waals surface area contributed by atoms with Crippen LogP contribution in [0, 0.1) is 0 Å². The Bertz CT molecular complexity index is 795. The number of carbonyl (C=O) groups excluding carboxylic acids is 1. The molecule has 0 unspecified atom stereocenters. The van der Waals surface area contributed by atoms with Gasteiger partial charge in [-0.3, -0.25) is 4.79 Å². The van der Waals surface area contributed by atoms with Crippen molar-refractivity contribution in [2.45, 2.75) is 4.90 Å². The molecular formula is C15H14BrClN2O3S. The number of rotatable bonds is 6. The van der Waals surface area contributed by atoms with Gasteiger partial charge in [0.1, 0.15) is 0 Å². The van der Waals surface area contributed by atoms with E-state index in [1.807, 2.05) is 0 Å². The van der Waals surface area contributed by atoms with Gasteiger partial charge in [-0.25, -0.2) is 13.1 Å². The molecule has 0 radical (unpaired) electrons. The second-order valence-corrected chi connectivity index (χ2v) is 7.74. The minimum Gasteiger partial charge on any atom is -0.351 e. The van der Waals surface area contributed by atoms with Crippen LogP contribution in [-0.2, 0) is 10.0 Å². The molecule has 0 aliphatic carbocycles. The van der Waals surface area contributed by atoms with Gasteiger partial charge in [0.15, 0.2) is 0 Å². The molecule has 2 aromatic rings. The van der Waals surface area contributed by atoms with Crippen LogP contribution in [0.5, 0.6) is 0 Å². The van der Waals surface area contributed by atoms with Crippen molar-refractivity contribution in [3.63, 3.8) is 0 Å². The van der Waals surface area contributed by atoms with Gasteiger partial charge in [-0.2, -0.15) is 0 Å². The fraction of sp³-hybridized carbons (Fsp3) is 0.133. The van der Waals surface area contributed by atoms with Crippen LogP contribution < -0.4 is 10.0 Å². The van der Waals surface area contributed by atoms with E-state index in [0.29, 0.717) is 10.6 Å². The molecule has 0 bridgehead atoms. The second kappa shape index (κ2) is 7.92. The van der Waals surface area contributed by atoms with Crippen LogP contribution >= 0.6 is 27.5 Å². The summed E-state index contributed by atoms with van der Waals surface area (Å²) in [6.07, 6.45) is 0. The average molecular weight is 418 g/mol.